The quantitative estimate of drug-likeness (QED) is 0.705. The third kappa shape index (κ3) is 4.67. The Morgan fingerprint density at radius 1 is 1.28 bits per heavy atom. The molecule has 1 amide bonds. The molecule has 1 unspecified atom stereocenters. The zero-order valence-electron chi connectivity index (χ0n) is 13.8. The van der Waals surface area contributed by atoms with E-state index in [9.17, 15) is 9.59 Å². The van der Waals surface area contributed by atoms with Crippen LogP contribution in [0.15, 0.2) is 57.1 Å². The van der Waals surface area contributed by atoms with Gasteiger partial charge in [0.05, 0.1) is 4.88 Å². The highest BCUT2D eigenvalue weighted by Crippen LogP contribution is 2.20. The third-order valence-electron chi connectivity index (χ3n) is 3.75. The largest absolute Gasteiger partial charge is 0.437 e. The summed E-state index contributed by atoms with van der Waals surface area (Å²) in [7, 11) is 0. The van der Waals surface area contributed by atoms with E-state index in [1.54, 1.807) is 0 Å². The predicted molar refractivity (Wildman–Crippen MR) is 96.4 cm³/mol. The van der Waals surface area contributed by atoms with E-state index in [-0.39, 0.29) is 24.4 Å². The summed E-state index contributed by atoms with van der Waals surface area (Å²) in [6.07, 6.45) is 1.71. The van der Waals surface area contributed by atoms with E-state index in [4.69, 9.17) is 4.42 Å². The monoisotopic (exact) mass is 357 g/mol. The molecule has 0 aliphatic heterocycles. The van der Waals surface area contributed by atoms with Crippen LogP contribution in [0.5, 0.6) is 0 Å². The topological polar surface area (TPSA) is 77.1 Å². The first-order valence-electron chi connectivity index (χ1n) is 8.07. The molecule has 0 aliphatic carbocycles. The number of aryl methyl sites for hydroxylation is 1. The summed E-state index contributed by atoms with van der Waals surface area (Å²) in [6, 6.07) is 13.8. The molecule has 0 bridgehead atoms. The molecule has 1 atom stereocenters. The van der Waals surface area contributed by atoms with Crippen LogP contribution in [0.4, 0.5) is 0 Å². The van der Waals surface area contributed by atoms with Gasteiger partial charge in [-0.1, -0.05) is 36.4 Å². The van der Waals surface area contributed by atoms with E-state index < -0.39 is 5.76 Å². The summed E-state index contributed by atoms with van der Waals surface area (Å²) in [5.74, 6) is -0.644. The summed E-state index contributed by atoms with van der Waals surface area (Å²) in [4.78, 5) is 24.7. The Morgan fingerprint density at radius 2 is 2.08 bits per heavy atom. The number of amides is 1. The maximum Gasteiger partial charge on any atom is 0.437 e. The molecule has 7 heteroatoms. The number of hydrogen-bond donors (Lipinski definition) is 1. The summed E-state index contributed by atoms with van der Waals surface area (Å²) >= 11 is 1.42. The van der Waals surface area contributed by atoms with Crippen LogP contribution >= 0.6 is 11.3 Å². The van der Waals surface area contributed by atoms with Crippen molar-refractivity contribution in [3.05, 3.63) is 64.0 Å². The van der Waals surface area contributed by atoms with Gasteiger partial charge >= 0.3 is 5.76 Å². The van der Waals surface area contributed by atoms with Crippen LogP contribution in [0.2, 0.25) is 0 Å². The van der Waals surface area contributed by atoms with Gasteiger partial charge in [-0.25, -0.2) is 4.79 Å². The van der Waals surface area contributed by atoms with Crippen molar-refractivity contribution in [1.29, 1.82) is 0 Å². The minimum absolute atomic E-state index is 0.00655. The fourth-order valence-corrected chi connectivity index (χ4v) is 3.11. The molecule has 3 aromatic rings. The van der Waals surface area contributed by atoms with E-state index in [1.165, 1.54) is 16.9 Å². The molecule has 0 spiro atoms. The van der Waals surface area contributed by atoms with Crippen LogP contribution in [0.3, 0.4) is 0 Å². The standard InChI is InChI=1S/C18H19N3O3S/c1-13(9-10-14-6-3-2-4-7-14)19-16(22)12-21-18(23)24-17(20-21)15-8-5-11-25-15/h2-8,11,13H,9-10,12H2,1H3,(H,19,22). The van der Waals surface area contributed by atoms with Crippen LogP contribution in [-0.2, 0) is 17.8 Å². The van der Waals surface area contributed by atoms with Gasteiger partial charge in [-0.15, -0.1) is 16.4 Å². The minimum atomic E-state index is -0.629. The maximum atomic E-state index is 12.1. The van der Waals surface area contributed by atoms with Gasteiger partial charge in [-0.05, 0) is 36.8 Å². The van der Waals surface area contributed by atoms with E-state index in [2.05, 4.69) is 22.5 Å². The van der Waals surface area contributed by atoms with Gasteiger partial charge in [0.2, 0.25) is 5.91 Å². The smallest absolute Gasteiger partial charge is 0.387 e. The zero-order valence-corrected chi connectivity index (χ0v) is 14.7. The number of carbonyl (C=O) groups excluding carboxylic acids is 1. The van der Waals surface area contributed by atoms with Crippen molar-refractivity contribution < 1.29 is 9.21 Å². The van der Waals surface area contributed by atoms with Crippen molar-refractivity contribution in [3.63, 3.8) is 0 Å². The Balaban J connectivity index is 1.53. The van der Waals surface area contributed by atoms with E-state index in [0.29, 0.717) is 0 Å². The molecule has 2 heterocycles. The van der Waals surface area contributed by atoms with Gasteiger partial charge in [-0.3, -0.25) is 4.79 Å². The summed E-state index contributed by atoms with van der Waals surface area (Å²) in [5.41, 5.74) is 1.23. The highest BCUT2D eigenvalue weighted by Gasteiger charge is 2.15. The molecule has 0 fully saturated rings. The lowest BCUT2D eigenvalue weighted by atomic mass is 10.1. The average molecular weight is 357 g/mol. The molecule has 0 saturated heterocycles. The fourth-order valence-electron chi connectivity index (χ4n) is 2.46. The Kier molecular flexibility index (Phi) is 5.45. The van der Waals surface area contributed by atoms with Crippen LogP contribution in [0.1, 0.15) is 18.9 Å². The summed E-state index contributed by atoms with van der Waals surface area (Å²) < 4.78 is 6.15. The highest BCUT2D eigenvalue weighted by atomic mass is 32.1. The molecule has 0 aliphatic rings. The van der Waals surface area contributed by atoms with Crippen molar-refractivity contribution in [3.8, 4) is 10.8 Å². The predicted octanol–water partition coefficient (Wildman–Crippen LogP) is 2.70. The van der Waals surface area contributed by atoms with Crippen LogP contribution in [-0.4, -0.2) is 21.7 Å². The van der Waals surface area contributed by atoms with Crippen LogP contribution < -0.4 is 11.1 Å². The third-order valence-corrected chi connectivity index (χ3v) is 4.61. The number of nitrogens with zero attached hydrogens (tertiary/aromatic N) is 2. The van der Waals surface area contributed by atoms with Crippen molar-refractivity contribution in [2.75, 3.05) is 0 Å². The molecule has 3 rings (SSSR count). The molecule has 25 heavy (non-hydrogen) atoms. The molecule has 0 radical (unpaired) electrons. The molecule has 2 aromatic heterocycles. The number of thiophene rings is 1. The molecule has 1 N–H and O–H groups in total. The Labute approximate surface area is 149 Å². The van der Waals surface area contributed by atoms with Gasteiger partial charge in [0.15, 0.2) is 0 Å². The summed E-state index contributed by atoms with van der Waals surface area (Å²) in [5, 5.41) is 8.84. The first-order chi connectivity index (χ1) is 12.1. The first kappa shape index (κ1) is 17.2. The van der Waals surface area contributed by atoms with Gasteiger partial charge in [-0.2, -0.15) is 4.68 Å². The molecular weight excluding hydrogens is 338 g/mol. The second kappa shape index (κ2) is 7.94. The normalized spacial score (nSPS) is 12.0. The van der Waals surface area contributed by atoms with Crippen molar-refractivity contribution in [1.82, 2.24) is 15.1 Å². The second-order valence-electron chi connectivity index (χ2n) is 5.80. The lowest BCUT2D eigenvalue weighted by Crippen LogP contribution is -2.37. The Hall–Kier alpha value is -2.67. The van der Waals surface area contributed by atoms with Gasteiger partial charge in [0.1, 0.15) is 6.54 Å². The molecule has 6 nitrogen and oxygen atoms in total. The lowest BCUT2D eigenvalue weighted by molar-refractivity contribution is -0.122. The second-order valence-corrected chi connectivity index (χ2v) is 6.75. The van der Waals surface area contributed by atoms with Gasteiger partial charge in [0.25, 0.3) is 5.89 Å². The highest BCUT2D eigenvalue weighted by molar-refractivity contribution is 7.13. The van der Waals surface area contributed by atoms with E-state index >= 15 is 0 Å². The number of nitrogens with one attached hydrogen (secondary N) is 1. The lowest BCUT2D eigenvalue weighted by Gasteiger charge is -2.13. The molecule has 0 saturated carbocycles. The van der Waals surface area contributed by atoms with E-state index in [0.717, 1.165) is 22.4 Å². The fraction of sp³-hybridized carbons (Fsp3) is 0.278. The maximum absolute atomic E-state index is 12.1. The van der Waals surface area contributed by atoms with Crippen molar-refractivity contribution in [2.45, 2.75) is 32.4 Å². The number of hydrogen-bond acceptors (Lipinski definition) is 5. The minimum Gasteiger partial charge on any atom is -0.387 e. The van der Waals surface area contributed by atoms with Crippen molar-refractivity contribution >= 4 is 17.2 Å². The SMILES string of the molecule is CC(CCc1ccccc1)NC(=O)Cn1nc(-c2cccs2)oc1=O. The van der Waals surface area contributed by atoms with Crippen LogP contribution in [0, 0.1) is 0 Å². The number of benzene rings is 1. The number of carbonyl (C=O) groups is 1. The molecular formula is C18H19N3O3S. The Morgan fingerprint density at radius 3 is 2.80 bits per heavy atom. The number of aromatic nitrogens is 2. The summed E-state index contributed by atoms with van der Waals surface area (Å²) in [6.45, 7) is 1.80. The molecule has 1 aromatic carbocycles. The van der Waals surface area contributed by atoms with Crippen molar-refractivity contribution in [2.24, 2.45) is 0 Å². The van der Waals surface area contributed by atoms with Gasteiger partial charge < -0.3 is 9.73 Å². The average Bonchev–Trinajstić information content (AvgIpc) is 3.24. The van der Waals surface area contributed by atoms with Crippen LogP contribution in [0.25, 0.3) is 10.8 Å². The van der Waals surface area contributed by atoms with Gasteiger partial charge in [0, 0.05) is 6.04 Å². The van der Waals surface area contributed by atoms with E-state index in [1.807, 2.05) is 42.6 Å². The zero-order chi connectivity index (χ0) is 17.6. The number of rotatable bonds is 7. The molecule has 130 valence electrons. The Bertz CT molecular complexity index is 869. The first-order valence-corrected chi connectivity index (χ1v) is 8.95.